The van der Waals surface area contributed by atoms with E-state index in [1.807, 2.05) is 0 Å². The van der Waals surface area contributed by atoms with Crippen LogP contribution in [0.25, 0.3) is 0 Å². The number of phosphoric acid groups is 2. The fourth-order valence-corrected chi connectivity index (χ4v) is 11.4. The summed E-state index contributed by atoms with van der Waals surface area (Å²) in [4.78, 5) is 72.4. The largest absolute Gasteiger partial charge is 0.472 e. The number of carbonyl (C=O) groups is 4. The Bertz CT molecular complexity index is 1720. The lowest BCUT2D eigenvalue weighted by molar-refractivity contribution is -0.161. The number of esters is 4. The number of phosphoric ester groups is 2. The molecule has 0 spiro atoms. The first-order valence-electron chi connectivity index (χ1n) is 34.8. The van der Waals surface area contributed by atoms with Crippen molar-refractivity contribution in [1.29, 1.82) is 0 Å². The monoisotopic (exact) mass is 1270 g/mol. The molecule has 0 bridgehead atoms. The highest BCUT2D eigenvalue weighted by Gasteiger charge is 2.30. The van der Waals surface area contributed by atoms with Crippen molar-refractivity contribution in [2.24, 2.45) is 23.7 Å². The molecule has 0 amide bonds. The van der Waals surface area contributed by atoms with E-state index in [-0.39, 0.29) is 25.7 Å². The highest BCUT2D eigenvalue weighted by Crippen LogP contribution is 2.45. The topological polar surface area (TPSA) is 237 Å². The van der Waals surface area contributed by atoms with Crippen LogP contribution in [0, 0.1) is 23.7 Å². The van der Waals surface area contributed by atoms with Gasteiger partial charge in [-0.05, 0) is 49.4 Å². The lowest BCUT2D eigenvalue weighted by atomic mass is 9.99. The Morgan fingerprint density at radius 2 is 0.558 bits per heavy atom. The van der Waals surface area contributed by atoms with Gasteiger partial charge in [-0.25, -0.2) is 9.13 Å². The van der Waals surface area contributed by atoms with Gasteiger partial charge in [0.1, 0.15) is 19.3 Å². The average Bonchev–Trinajstić information content (AvgIpc) is 3.68. The first-order valence-corrected chi connectivity index (χ1v) is 37.8. The first-order chi connectivity index (χ1) is 41.2. The lowest BCUT2D eigenvalue weighted by Gasteiger charge is -2.21. The normalized spacial score (nSPS) is 15.3. The van der Waals surface area contributed by atoms with Crippen LogP contribution < -0.4 is 0 Å². The number of hydrogen-bond acceptors (Lipinski definition) is 15. The maximum Gasteiger partial charge on any atom is 0.472 e. The molecule has 17 nitrogen and oxygen atoms in total. The van der Waals surface area contributed by atoms with Crippen molar-refractivity contribution in [3.05, 3.63) is 0 Å². The number of hydrogen-bond donors (Lipinski definition) is 3. The number of aliphatic hydroxyl groups excluding tert-OH is 1. The molecule has 0 aliphatic rings. The van der Waals surface area contributed by atoms with Crippen LogP contribution in [0.2, 0.25) is 0 Å². The minimum atomic E-state index is -4.95. The molecule has 0 fully saturated rings. The van der Waals surface area contributed by atoms with Gasteiger partial charge in [0.05, 0.1) is 26.4 Å². The van der Waals surface area contributed by atoms with E-state index >= 15 is 0 Å². The van der Waals surface area contributed by atoms with E-state index in [1.165, 1.54) is 122 Å². The molecule has 510 valence electrons. The minimum absolute atomic E-state index is 0.102. The maximum absolute atomic E-state index is 13.0. The summed E-state index contributed by atoms with van der Waals surface area (Å²) in [5.74, 6) is 0.860. The van der Waals surface area contributed by atoms with Gasteiger partial charge in [0.15, 0.2) is 12.2 Å². The zero-order valence-corrected chi connectivity index (χ0v) is 57.7. The molecule has 0 radical (unpaired) electrons. The van der Waals surface area contributed by atoms with Gasteiger partial charge >= 0.3 is 39.5 Å². The lowest BCUT2D eigenvalue weighted by Crippen LogP contribution is -2.30. The summed E-state index contributed by atoms with van der Waals surface area (Å²) < 4.78 is 68.1. The number of rotatable bonds is 64. The van der Waals surface area contributed by atoms with E-state index in [9.17, 15) is 43.2 Å². The van der Waals surface area contributed by atoms with Crippen molar-refractivity contribution in [2.75, 3.05) is 39.6 Å². The smallest absolute Gasteiger partial charge is 0.462 e. The van der Waals surface area contributed by atoms with E-state index < -0.39 is 97.5 Å². The predicted molar refractivity (Wildman–Crippen MR) is 344 cm³/mol. The highest BCUT2D eigenvalue weighted by molar-refractivity contribution is 7.47. The zero-order valence-electron chi connectivity index (χ0n) is 55.9. The van der Waals surface area contributed by atoms with Crippen molar-refractivity contribution in [2.45, 2.75) is 343 Å². The summed E-state index contributed by atoms with van der Waals surface area (Å²) in [5, 5.41) is 10.6. The Morgan fingerprint density at radius 3 is 0.826 bits per heavy atom. The van der Waals surface area contributed by atoms with E-state index in [0.717, 1.165) is 120 Å². The Labute approximate surface area is 524 Å². The van der Waals surface area contributed by atoms with Gasteiger partial charge in [0, 0.05) is 25.7 Å². The van der Waals surface area contributed by atoms with Gasteiger partial charge in [0.2, 0.25) is 0 Å². The van der Waals surface area contributed by atoms with Gasteiger partial charge in [-0.1, -0.05) is 274 Å². The molecule has 0 aromatic rings. The van der Waals surface area contributed by atoms with Crippen molar-refractivity contribution < 1.29 is 80.2 Å². The second-order valence-electron chi connectivity index (χ2n) is 25.4. The SMILES string of the molecule is CCC(C)CCCCCCCCCCCCC(=O)OC[C@H](COP(=O)(O)OC[C@@H](O)COP(=O)(O)OC[C@@H](COC(=O)CCCCCCCCC(C)CC)OC(=O)CCCCCCCCCCCC(C)C)OC(=O)CCCCCCCCC(C)CC. The third kappa shape index (κ3) is 57.2. The Balaban J connectivity index is 5.25. The summed E-state index contributed by atoms with van der Waals surface area (Å²) in [6.07, 6.45) is 37.6. The second-order valence-corrected chi connectivity index (χ2v) is 28.3. The molecule has 0 saturated heterocycles. The van der Waals surface area contributed by atoms with Gasteiger partial charge in [-0.15, -0.1) is 0 Å². The van der Waals surface area contributed by atoms with Crippen LogP contribution in [0.4, 0.5) is 0 Å². The number of unbranched alkanes of at least 4 members (excludes halogenated alkanes) is 27. The van der Waals surface area contributed by atoms with Crippen molar-refractivity contribution in [3.8, 4) is 0 Å². The number of aliphatic hydroxyl groups is 1. The van der Waals surface area contributed by atoms with Gasteiger partial charge in [-0.2, -0.15) is 0 Å². The summed E-state index contributed by atoms with van der Waals surface area (Å²) in [6.45, 7) is 14.0. The van der Waals surface area contributed by atoms with E-state index in [4.69, 9.17) is 37.0 Å². The van der Waals surface area contributed by atoms with Crippen LogP contribution in [0.1, 0.15) is 325 Å². The molecule has 0 aliphatic heterocycles. The summed E-state index contributed by atoms with van der Waals surface area (Å²) in [5.41, 5.74) is 0. The van der Waals surface area contributed by atoms with Crippen LogP contribution >= 0.6 is 15.6 Å². The zero-order chi connectivity index (χ0) is 63.9. The molecule has 0 rings (SSSR count). The molecule has 5 unspecified atom stereocenters. The molecule has 0 saturated carbocycles. The first kappa shape index (κ1) is 84.1. The van der Waals surface area contributed by atoms with E-state index in [1.54, 1.807) is 0 Å². The minimum Gasteiger partial charge on any atom is -0.462 e. The highest BCUT2D eigenvalue weighted by atomic mass is 31.2. The fraction of sp³-hybridized carbons (Fsp3) is 0.940. The van der Waals surface area contributed by atoms with Crippen LogP contribution in [0.3, 0.4) is 0 Å². The quantitative estimate of drug-likeness (QED) is 0.0222. The van der Waals surface area contributed by atoms with Crippen LogP contribution in [-0.4, -0.2) is 96.7 Å². The molecule has 8 atom stereocenters. The average molecular weight is 1270 g/mol. The van der Waals surface area contributed by atoms with Gasteiger partial charge < -0.3 is 33.8 Å². The molecular weight excluding hydrogens is 1140 g/mol. The molecule has 0 aromatic heterocycles. The summed E-state index contributed by atoms with van der Waals surface area (Å²) >= 11 is 0. The molecule has 86 heavy (non-hydrogen) atoms. The van der Waals surface area contributed by atoms with E-state index in [2.05, 4.69) is 55.4 Å². The van der Waals surface area contributed by atoms with Crippen LogP contribution in [0.5, 0.6) is 0 Å². The third-order valence-electron chi connectivity index (χ3n) is 16.4. The Kier molecular flexibility index (Phi) is 55.7. The standard InChI is InChI=1S/C67H130O17P2/c1-9-58(6)44-36-28-20-16-12-13-17-21-31-39-47-64(69)77-53-63(84-67(72)50-42-34-26-24-30-38-46-60(8)11-3)56-82-86(75,76)80-52-61(68)51-79-85(73,74)81-55-62(54-78-65(70)48-40-32-25-23-29-37-45-59(7)10-2)83-66(71)49-41-33-22-18-14-15-19-27-35-43-57(4)5/h57-63,68H,9-56H2,1-8H3,(H,73,74)(H,75,76)/t58?,59?,60?,61-,62+,63+/m0/s1. The summed E-state index contributed by atoms with van der Waals surface area (Å²) in [7, 11) is -9.90. The van der Waals surface area contributed by atoms with Crippen molar-refractivity contribution in [1.82, 2.24) is 0 Å². The van der Waals surface area contributed by atoms with Gasteiger partial charge in [0.25, 0.3) is 0 Å². The molecule has 0 heterocycles. The fourth-order valence-electron chi connectivity index (χ4n) is 9.86. The van der Waals surface area contributed by atoms with Gasteiger partial charge in [-0.3, -0.25) is 37.3 Å². The van der Waals surface area contributed by atoms with Crippen molar-refractivity contribution in [3.63, 3.8) is 0 Å². The summed E-state index contributed by atoms with van der Waals surface area (Å²) in [6, 6.07) is 0. The number of carbonyl (C=O) groups excluding carboxylic acids is 4. The second kappa shape index (κ2) is 57.0. The molecule has 3 N–H and O–H groups in total. The molecule has 0 aliphatic carbocycles. The Hall–Kier alpha value is -1.94. The van der Waals surface area contributed by atoms with Crippen LogP contribution in [0.15, 0.2) is 0 Å². The van der Waals surface area contributed by atoms with Crippen molar-refractivity contribution >= 4 is 39.5 Å². The molecular formula is C67H130O17P2. The predicted octanol–water partition coefficient (Wildman–Crippen LogP) is 18.5. The Morgan fingerprint density at radius 1 is 0.326 bits per heavy atom. The van der Waals surface area contributed by atoms with Crippen LogP contribution in [-0.2, 0) is 65.4 Å². The maximum atomic E-state index is 13.0. The molecule has 0 aromatic carbocycles. The molecule has 19 heteroatoms. The number of ether oxygens (including phenoxy) is 4. The van der Waals surface area contributed by atoms with E-state index in [0.29, 0.717) is 25.7 Å². The third-order valence-corrected chi connectivity index (χ3v) is 18.3.